The Balaban J connectivity index is 1.86. The molecule has 0 amide bonds. The first kappa shape index (κ1) is 24.6. The van der Waals surface area contributed by atoms with E-state index in [-0.39, 0.29) is 12.5 Å². The van der Waals surface area contributed by atoms with Crippen LogP contribution in [-0.2, 0) is 18.1 Å². The predicted octanol–water partition coefficient (Wildman–Crippen LogP) is 2.68. The zero-order valence-corrected chi connectivity index (χ0v) is 17.4. The summed E-state index contributed by atoms with van der Waals surface area (Å²) in [6.07, 6.45) is 3.25. The number of nitrogens with two attached hydrogens (primary N) is 1. The molecular weight excluding hydrogens is 456 g/mol. The molecule has 1 aromatic carbocycles. The number of pyridine rings is 2. The number of hydrogen-bond acceptors (Lipinski definition) is 7. The minimum atomic E-state index is -4.15. The molecule has 1 atom stereocenters. The molecule has 0 spiro atoms. The fourth-order valence-corrected chi connectivity index (χ4v) is 3.01. The number of nitriles is 1. The zero-order chi connectivity index (χ0) is 24.8. The second-order valence-electron chi connectivity index (χ2n) is 7.03. The highest BCUT2D eigenvalue weighted by atomic mass is 19.3. The summed E-state index contributed by atoms with van der Waals surface area (Å²) in [4.78, 5) is 11.2. The Kier molecular flexibility index (Phi) is 7.40. The smallest absolute Gasteiger partial charge is 0.323 e. The van der Waals surface area contributed by atoms with Crippen molar-refractivity contribution < 1.29 is 27.4 Å². The van der Waals surface area contributed by atoms with Gasteiger partial charge in [0.1, 0.15) is 30.0 Å². The number of alkyl halides is 2. The van der Waals surface area contributed by atoms with Crippen LogP contribution in [0.5, 0.6) is 5.88 Å². The Hall–Kier alpha value is -4.08. The molecule has 0 aliphatic carbocycles. The van der Waals surface area contributed by atoms with Crippen molar-refractivity contribution in [1.82, 2.24) is 15.4 Å². The van der Waals surface area contributed by atoms with Crippen LogP contribution in [0.25, 0.3) is 0 Å². The molecule has 0 fully saturated rings. The van der Waals surface area contributed by atoms with Crippen LogP contribution in [0.1, 0.15) is 22.4 Å². The van der Waals surface area contributed by atoms with Gasteiger partial charge in [-0.25, -0.2) is 19.6 Å². The minimum Gasteiger partial charge on any atom is -0.473 e. The van der Waals surface area contributed by atoms with Crippen molar-refractivity contribution in [3.8, 4) is 11.9 Å². The average molecular weight is 474 g/mol. The number of benzene rings is 1. The third-order valence-corrected chi connectivity index (χ3v) is 4.78. The van der Waals surface area contributed by atoms with Crippen molar-refractivity contribution in [1.29, 1.82) is 5.26 Å². The lowest BCUT2D eigenvalue weighted by Crippen LogP contribution is -2.47. The van der Waals surface area contributed by atoms with Gasteiger partial charge in [0.2, 0.25) is 5.88 Å². The van der Waals surface area contributed by atoms with E-state index in [1.54, 1.807) is 0 Å². The summed E-state index contributed by atoms with van der Waals surface area (Å²) >= 11 is 0. The number of ether oxygens (including phenoxy) is 1. The molecule has 2 heterocycles. The van der Waals surface area contributed by atoms with Gasteiger partial charge in [-0.2, -0.15) is 14.0 Å². The Morgan fingerprint density at radius 1 is 1.15 bits per heavy atom. The number of halogens is 4. The molecule has 0 saturated heterocycles. The van der Waals surface area contributed by atoms with Gasteiger partial charge in [0.05, 0.1) is 18.4 Å². The monoisotopic (exact) mass is 474 g/mol. The number of hydrogen-bond donors (Lipinski definition) is 3. The van der Waals surface area contributed by atoms with Gasteiger partial charge in [-0.3, -0.25) is 9.98 Å². The second-order valence-corrected chi connectivity index (χ2v) is 7.03. The van der Waals surface area contributed by atoms with Crippen molar-refractivity contribution in [2.75, 3.05) is 6.54 Å². The molecule has 0 aliphatic heterocycles. The molecule has 1 unspecified atom stereocenters. The summed E-state index contributed by atoms with van der Waals surface area (Å²) in [5.74, 6) is -1.28. The topological polar surface area (TPSA) is 129 Å². The molecule has 3 aromatic rings. The van der Waals surface area contributed by atoms with Crippen molar-refractivity contribution in [3.63, 3.8) is 0 Å². The second kappa shape index (κ2) is 10.2. The maximum atomic E-state index is 15.5. The predicted molar refractivity (Wildman–Crippen MR) is 112 cm³/mol. The number of aromatic nitrogens is 2. The van der Waals surface area contributed by atoms with Gasteiger partial charge in [-0.1, -0.05) is 6.07 Å². The highest BCUT2D eigenvalue weighted by Gasteiger charge is 2.57. The standard InChI is InChI=1S/C22H18F4N6O2/c23-16-3-4-17(18(24)7-16)21(33,12-29-13-32-28)22(25,26)19-5-1-15(10-30-19)11-34-20-6-2-14(8-27)9-31-20/h1-7,9-10,13,33H,11-12,28H2,(H,29,32). The maximum absolute atomic E-state index is 15.5. The van der Waals surface area contributed by atoms with E-state index >= 15 is 8.78 Å². The van der Waals surface area contributed by atoms with Crippen LogP contribution in [0, 0.1) is 23.0 Å². The first-order valence-electron chi connectivity index (χ1n) is 9.66. The molecule has 0 bridgehead atoms. The summed E-state index contributed by atoms with van der Waals surface area (Å²) in [6.45, 7) is -1.08. The van der Waals surface area contributed by atoms with Crippen LogP contribution in [-0.4, -0.2) is 28.0 Å². The third-order valence-electron chi connectivity index (χ3n) is 4.78. The van der Waals surface area contributed by atoms with Gasteiger partial charge in [0.25, 0.3) is 0 Å². The van der Waals surface area contributed by atoms with Crippen LogP contribution in [0.4, 0.5) is 17.6 Å². The van der Waals surface area contributed by atoms with E-state index in [0.717, 1.165) is 30.7 Å². The van der Waals surface area contributed by atoms with Crippen molar-refractivity contribution in [3.05, 3.63) is 88.9 Å². The number of nitrogens with zero attached hydrogens (tertiary/aromatic N) is 4. The molecule has 8 nitrogen and oxygen atoms in total. The van der Waals surface area contributed by atoms with Crippen LogP contribution >= 0.6 is 0 Å². The Morgan fingerprint density at radius 3 is 2.53 bits per heavy atom. The number of nitrogens with one attached hydrogen (secondary N) is 1. The van der Waals surface area contributed by atoms with E-state index < -0.39 is 41.0 Å². The lowest BCUT2D eigenvalue weighted by Gasteiger charge is -2.35. The van der Waals surface area contributed by atoms with E-state index in [4.69, 9.17) is 15.8 Å². The van der Waals surface area contributed by atoms with Gasteiger partial charge in [-0.15, -0.1) is 0 Å². The Bertz CT molecular complexity index is 1200. The van der Waals surface area contributed by atoms with Crippen molar-refractivity contribution in [2.24, 2.45) is 10.8 Å². The Morgan fingerprint density at radius 2 is 1.94 bits per heavy atom. The van der Waals surface area contributed by atoms with Gasteiger partial charge < -0.3 is 15.3 Å². The fraction of sp³-hybridized carbons (Fsp3) is 0.182. The minimum absolute atomic E-state index is 0.0684. The highest BCUT2D eigenvalue weighted by Crippen LogP contribution is 2.45. The molecule has 2 aromatic heterocycles. The largest absolute Gasteiger partial charge is 0.473 e. The quantitative estimate of drug-likeness (QED) is 0.143. The lowest BCUT2D eigenvalue weighted by molar-refractivity contribution is -0.193. The van der Waals surface area contributed by atoms with E-state index in [1.807, 2.05) is 11.5 Å². The third kappa shape index (κ3) is 5.11. The number of hydrazine groups is 1. The maximum Gasteiger partial charge on any atom is 0.323 e. The van der Waals surface area contributed by atoms with Gasteiger partial charge in [-0.05, 0) is 24.3 Å². The van der Waals surface area contributed by atoms with E-state index in [2.05, 4.69) is 15.0 Å². The summed E-state index contributed by atoms with van der Waals surface area (Å²) in [6, 6.07) is 8.97. The normalized spacial score (nSPS) is 13.3. The lowest BCUT2D eigenvalue weighted by atomic mass is 9.84. The molecule has 0 saturated carbocycles. The van der Waals surface area contributed by atoms with Crippen LogP contribution in [0.3, 0.4) is 0 Å². The van der Waals surface area contributed by atoms with Crippen molar-refractivity contribution >= 4 is 6.34 Å². The summed E-state index contributed by atoms with van der Waals surface area (Å²) in [5, 5.41) is 19.7. The van der Waals surface area contributed by atoms with Gasteiger partial charge in [0, 0.05) is 35.7 Å². The molecule has 34 heavy (non-hydrogen) atoms. The molecule has 12 heteroatoms. The van der Waals surface area contributed by atoms with E-state index in [9.17, 15) is 13.9 Å². The van der Waals surface area contributed by atoms with Crippen LogP contribution in [0.2, 0.25) is 0 Å². The Labute approximate surface area is 191 Å². The molecule has 0 aliphatic rings. The van der Waals surface area contributed by atoms with Crippen molar-refractivity contribution in [2.45, 2.75) is 18.1 Å². The average Bonchev–Trinajstić information content (AvgIpc) is 2.83. The zero-order valence-electron chi connectivity index (χ0n) is 17.4. The van der Waals surface area contributed by atoms with Crippen LogP contribution < -0.4 is 16.0 Å². The SMILES string of the molecule is N#Cc1ccc(OCc2ccc(C(F)(F)C(O)(CN=CNN)c3ccc(F)cc3F)nc2)nc1. The summed E-state index contributed by atoms with van der Waals surface area (Å²) in [5.41, 5.74) is -2.22. The van der Waals surface area contributed by atoms with E-state index in [0.29, 0.717) is 17.2 Å². The van der Waals surface area contributed by atoms with E-state index in [1.165, 1.54) is 24.4 Å². The fourth-order valence-electron chi connectivity index (χ4n) is 3.01. The number of rotatable bonds is 9. The summed E-state index contributed by atoms with van der Waals surface area (Å²) in [7, 11) is 0. The molecule has 4 N–H and O–H groups in total. The van der Waals surface area contributed by atoms with Crippen LogP contribution in [0.15, 0.2) is 59.9 Å². The highest BCUT2D eigenvalue weighted by molar-refractivity contribution is 5.53. The van der Waals surface area contributed by atoms with Gasteiger partial charge >= 0.3 is 5.92 Å². The molecular formula is C22H18F4N6O2. The number of aliphatic imine (C=N–C) groups is 1. The molecule has 0 radical (unpaired) electrons. The summed E-state index contributed by atoms with van der Waals surface area (Å²) < 4.78 is 64.1. The van der Waals surface area contributed by atoms with Gasteiger partial charge in [0.15, 0.2) is 5.60 Å². The first-order valence-corrected chi connectivity index (χ1v) is 9.66. The first-order chi connectivity index (χ1) is 16.2. The molecule has 3 rings (SSSR count). The molecule has 176 valence electrons. The number of aliphatic hydroxyl groups is 1.